The number of carbonyl (C=O) groups is 1. The van der Waals surface area contributed by atoms with Crippen LogP contribution in [-0.2, 0) is 0 Å². The third-order valence-corrected chi connectivity index (χ3v) is 3.50. The summed E-state index contributed by atoms with van der Waals surface area (Å²) in [6.07, 6.45) is 0. The minimum atomic E-state index is -0.507. The van der Waals surface area contributed by atoms with Crippen molar-refractivity contribution in [3.8, 4) is 0 Å². The summed E-state index contributed by atoms with van der Waals surface area (Å²) in [6, 6.07) is 4.09. The number of halogens is 2. The van der Waals surface area contributed by atoms with Gasteiger partial charge in [-0.3, -0.25) is 4.79 Å². The number of nitrogens with one attached hydrogen (secondary N) is 1. The number of amides is 1. The van der Waals surface area contributed by atoms with Gasteiger partial charge in [-0.1, -0.05) is 11.6 Å². The Morgan fingerprint density at radius 1 is 1.50 bits per heavy atom. The molecule has 1 fully saturated rings. The molecule has 1 saturated heterocycles. The third-order valence-electron chi connectivity index (χ3n) is 3.21. The summed E-state index contributed by atoms with van der Waals surface area (Å²) in [7, 11) is 0. The van der Waals surface area contributed by atoms with E-state index in [0.717, 1.165) is 13.1 Å². The third kappa shape index (κ3) is 2.49. The van der Waals surface area contributed by atoms with Crippen molar-refractivity contribution in [2.24, 2.45) is 0 Å². The fourth-order valence-corrected chi connectivity index (χ4v) is 2.33. The molecule has 98 valence electrons. The molecule has 3 nitrogen and oxygen atoms in total. The van der Waals surface area contributed by atoms with Crippen molar-refractivity contribution in [2.45, 2.75) is 19.4 Å². The molecule has 1 amide bonds. The highest BCUT2D eigenvalue weighted by Crippen LogP contribution is 2.22. The summed E-state index contributed by atoms with van der Waals surface area (Å²) in [5, 5.41) is 3.23. The molecule has 0 atom stereocenters. The SMILES string of the molecule is CC1(C)CNCCN1C(=O)c1ccc(F)c(Cl)c1. The molecule has 0 aliphatic carbocycles. The van der Waals surface area contributed by atoms with Gasteiger partial charge in [-0.05, 0) is 32.0 Å². The first-order valence-electron chi connectivity index (χ1n) is 5.89. The largest absolute Gasteiger partial charge is 0.331 e. The smallest absolute Gasteiger partial charge is 0.254 e. The zero-order valence-corrected chi connectivity index (χ0v) is 11.2. The Morgan fingerprint density at radius 3 is 2.83 bits per heavy atom. The number of carbonyl (C=O) groups excluding carboxylic acids is 1. The topological polar surface area (TPSA) is 32.3 Å². The molecule has 1 heterocycles. The highest BCUT2D eigenvalue weighted by molar-refractivity contribution is 6.31. The van der Waals surface area contributed by atoms with Crippen molar-refractivity contribution in [2.75, 3.05) is 19.6 Å². The predicted octanol–water partition coefficient (Wildman–Crippen LogP) is 2.30. The molecule has 1 aliphatic heterocycles. The van der Waals surface area contributed by atoms with Gasteiger partial charge in [-0.15, -0.1) is 0 Å². The van der Waals surface area contributed by atoms with E-state index >= 15 is 0 Å². The van der Waals surface area contributed by atoms with Crippen LogP contribution in [0.25, 0.3) is 0 Å². The van der Waals surface area contributed by atoms with Crippen LogP contribution in [-0.4, -0.2) is 36.0 Å². The molecule has 0 saturated carbocycles. The summed E-state index contributed by atoms with van der Waals surface area (Å²) >= 11 is 5.71. The van der Waals surface area contributed by atoms with E-state index in [-0.39, 0.29) is 16.5 Å². The molecule has 1 aliphatic rings. The summed E-state index contributed by atoms with van der Waals surface area (Å²) in [4.78, 5) is 14.2. The lowest BCUT2D eigenvalue weighted by atomic mass is 9.99. The highest BCUT2D eigenvalue weighted by atomic mass is 35.5. The van der Waals surface area contributed by atoms with E-state index in [1.54, 1.807) is 4.90 Å². The number of nitrogens with zero attached hydrogens (tertiary/aromatic N) is 1. The molecular weight excluding hydrogens is 255 g/mol. The van der Waals surface area contributed by atoms with Crippen LogP contribution in [0.3, 0.4) is 0 Å². The van der Waals surface area contributed by atoms with Gasteiger partial charge in [-0.25, -0.2) is 4.39 Å². The van der Waals surface area contributed by atoms with Gasteiger partial charge in [-0.2, -0.15) is 0 Å². The lowest BCUT2D eigenvalue weighted by Gasteiger charge is -2.42. The number of rotatable bonds is 1. The normalized spacial score (nSPS) is 18.8. The maximum atomic E-state index is 13.1. The molecule has 0 radical (unpaired) electrons. The molecule has 1 N–H and O–H groups in total. The van der Waals surface area contributed by atoms with Gasteiger partial charge in [0.25, 0.3) is 5.91 Å². The highest BCUT2D eigenvalue weighted by Gasteiger charge is 2.33. The Balaban J connectivity index is 2.27. The van der Waals surface area contributed by atoms with E-state index in [4.69, 9.17) is 11.6 Å². The van der Waals surface area contributed by atoms with Gasteiger partial charge in [0.2, 0.25) is 0 Å². The molecule has 1 aromatic carbocycles. The van der Waals surface area contributed by atoms with E-state index in [2.05, 4.69) is 5.32 Å². The average molecular weight is 271 g/mol. The predicted molar refractivity (Wildman–Crippen MR) is 69.4 cm³/mol. The number of benzene rings is 1. The van der Waals surface area contributed by atoms with Gasteiger partial charge in [0.05, 0.1) is 10.6 Å². The second kappa shape index (κ2) is 4.86. The van der Waals surface area contributed by atoms with Gasteiger partial charge in [0, 0.05) is 25.2 Å². The number of hydrogen-bond acceptors (Lipinski definition) is 2. The van der Waals surface area contributed by atoms with Crippen LogP contribution in [0.5, 0.6) is 0 Å². The standard InChI is InChI=1S/C13H16ClFN2O/c1-13(2)8-16-5-6-17(13)12(18)9-3-4-11(15)10(14)7-9/h3-4,7,16H,5-6,8H2,1-2H3. The van der Waals surface area contributed by atoms with Gasteiger partial charge >= 0.3 is 0 Å². The van der Waals surface area contributed by atoms with Crippen LogP contribution < -0.4 is 5.32 Å². The fourth-order valence-electron chi connectivity index (χ4n) is 2.14. The van der Waals surface area contributed by atoms with E-state index in [0.29, 0.717) is 12.1 Å². The molecule has 2 rings (SSSR count). The van der Waals surface area contributed by atoms with Crippen LogP contribution in [0.2, 0.25) is 5.02 Å². The molecule has 0 spiro atoms. The van der Waals surface area contributed by atoms with Crippen LogP contribution in [0.15, 0.2) is 18.2 Å². The van der Waals surface area contributed by atoms with Crippen molar-refractivity contribution >= 4 is 17.5 Å². The first-order valence-corrected chi connectivity index (χ1v) is 6.27. The molecule has 0 aromatic heterocycles. The lowest BCUT2D eigenvalue weighted by molar-refractivity contribution is 0.0477. The summed E-state index contributed by atoms with van der Waals surface area (Å²) in [5.41, 5.74) is 0.173. The van der Waals surface area contributed by atoms with Crippen molar-refractivity contribution in [3.63, 3.8) is 0 Å². The molecule has 0 bridgehead atoms. The minimum absolute atomic E-state index is 0.0196. The number of hydrogen-bond donors (Lipinski definition) is 1. The molecule has 0 unspecified atom stereocenters. The summed E-state index contributed by atoms with van der Waals surface area (Å²) < 4.78 is 13.1. The van der Waals surface area contributed by atoms with Crippen LogP contribution in [0.1, 0.15) is 24.2 Å². The van der Waals surface area contributed by atoms with Crippen LogP contribution in [0.4, 0.5) is 4.39 Å². The number of piperazine rings is 1. The van der Waals surface area contributed by atoms with Crippen LogP contribution >= 0.6 is 11.6 Å². The maximum Gasteiger partial charge on any atom is 0.254 e. The molecule has 5 heteroatoms. The Labute approximate surface area is 111 Å². The maximum absolute atomic E-state index is 13.1. The molecule has 1 aromatic rings. The first kappa shape index (κ1) is 13.3. The van der Waals surface area contributed by atoms with Gasteiger partial charge in [0.1, 0.15) is 5.82 Å². The Bertz CT molecular complexity index is 476. The second-order valence-corrected chi connectivity index (χ2v) is 5.48. The second-order valence-electron chi connectivity index (χ2n) is 5.07. The molecular formula is C13H16ClFN2O. The van der Waals surface area contributed by atoms with Crippen molar-refractivity contribution in [3.05, 3.63) is 34.6 Å². The molecule has 18 heavy (non-hydrogen) atoms. The van der Waals surface area contributed by atoms with Crippen molar-refractivity contribution in [1.82, 2.24) is 10.2 Å². The monoisotopic (exact) mass is 270 g/mol. The van der Waals surface area contributed by atoms with E-state index in [9.17, 15) is 9.18 Å². The van der Waals surface area contributed by atoms with E-state index in [1.807, 2.05) is 13.8 Å². The van der Waals surface area contributed by atoms with E-state index < -0.39 is 5.82 Å². The van der Waals surface area contributed by atoms with Gasteiger partial charge < -0.3 is 10.2 Å². The minimum Gasteiger partial charge on any atom is -0.331 e. The van der Waals surface area contributed by atoms with Crippen molar-refractivity contribution in [1.29, 1.82) is 0 Å². The zero-order chi connectivity index (χ0) is 13.3. The first-order chi connectivity index (χ1) is 8.42. The Hall–Kier alpha value is -1.13. The van der Waals surface area contributed by atoms with Crippen LogP contribution in [0, 0.1) is 5.82 Å². The lowest BCUT2D eigenvalue weighted by Crippen LogP contribution is -2.59. The van der Waals surface area contributed by atoms with Gasteiger partial charge in [0.15, 0.2) is 0 Å². The van der Waals surface area contributed by atoms with E-state index in [1.165, 1.54) is 18.2 Å². The Kier molecular flexibility index (Phi) is 3.59. The Morgan fingerprint density at radius 2 is 2.22 bits per heavy atom. The summed E-state index contributed by atoms with van der Waals surface area (Å²) in [5.74, 6) is -0.615. The summed E-state index contributed by atoms with van der Waals surface area (Å²) in [6.45, 7) is 6.16. The zero-order valence-electron chi connectivity index (χ0n) is 10.5. The van der Waals surface area contributed by atoms with Crippen molar-refractivity contribution < 1.29 is 9.18 Å². The average Bonchev–Trinajstić information content (AvgIpc) is 2.31. The fraction of sp³-hybridized carbons (Fsp3) is 0.462. The quantitative estimate of drug-likeness (QED) is 0.849.